The molecule has 14 heavy (non-hydrogen) atoms. The second-order valence-corrected chi connectivity index (χ2v) is 2.87. The van der Waals surface area contributed by atoms with Gasteiger partial charge in [-0.25, -0.2) is 0 Å². The Morgan fingerprint density at radius 1 is 1.14 bits per heavy atom. The molecule has 0 aliphatic heterocycles. The molecule has 2 rings (SSSR count). The molecule has 74 valence electrons. The van der Waals surface area contributed by atoms with E-state index < -0.39 is 0 Å². The average Bonchev–Trinajstić information content (AvgIpc) is 2.23. The Balaban J connectivity index is 0.000000461. The zero-order valence-corrected chi connectivity index (χ0v) is 8.79. The first-order valence-corrected chi connectivity index (χ1v) is 4.86. The number of benzene rings is 1. The highest BCUT2D eigenvalue weighted by Crippen LogP contribution is 2.08. The van der Waals surface area contributed by atoms with Crippen LogP contribution in [0.25, 0.3) is 10.9 Å². The number of hydrogen-bond acceptors (Lipinski definition) is 1. The third-order valence-corrected chi connectivity index (χ3v) is 1.94. The normalized spacial score (nSPS) is 9.36. The van der Waals surface area contributed by atoms with Crippen LogP contribution in [0.15, 0.2) is 35.1 Å². The van der Waals surface area contributed by atoms with Crippen molar-refractivity contribution in [2.24, 2.45) is 0 Å². The summed E-state index contributed by atoms with van der Waals surface area (Å²) in [4.78, 5) is 14.0. The maximum absolute atomic E-state index is 11.2. The van der Waals surface area contributed by atoms with Crippen molar-refractivity contribution in [1.29, 1.82) is 0 Å². The Morgan fingerprint density at radius 2 is 1.79 bits per heavy atom. The molecule has 1 aromatic heterocycles. The van der Waals surface area contributed by atoms with Crippen molar-refractivity contribution in [3.63, 3.8) is 0 Å². The Morgan fingerprint density at radius 3 is 2.50 bits per heavy atom. The molecule has 0 aliphatic rings. The van der Waals surface area contributed by atoms with Gasteiger partial charge in [-0.3, -0.25) is 4.79 Å². The van der Waals surface area contributed by atoms with Gasteiger partial charge in [0.05, 0.1) is 0 Å². The summed E-state index contributed by atoms with van der Waals surface area (Å²) in [5, 5.41) is 1.08. The van der Waals surface area contributed by atoms with Crippen molar-refractivity contribution in [1.82, 2.24) is 4.98 Å². The third-order valence-electron chi connectivity index (χ3n) is 1.94. The van der Waals surface area contributed by atoms with Gasteiger partial charge in [-0.05, 0) is 24.4 Å². The van der Waals surface area contributed by atoms with Gasteiger partial charge in [0.2, 0.25) is 0 Å². The summed E-state index contributed by atoms with van der Waals surface area (Å²) in [6.45, 7) is 5.81. The number of hydrogen-bond donors (Lipinski definition) is 1. The molecular formula is C12H15NO. The fraction of sp³-hybridized carbons (Fsp3) is 0.250. The molecule has 2 aromatic rings. The first-order valence-electron chi connectivity index (χ1n) is 4.86. The Labute approximate surface area is 83.6 Å². The topological polar surface area (TPSA) is 32.9 Å². The van der Waals surface area contributed by atoms with Crippen LogP contribution in [0.4, 0.5) is 0 Å². The smallest absolute Gasteiger partial charge is 0.251 e. The summed E-state index contributed by atoms with van der Waals surface area (Å²) in [5.41, 5.74) is 1.65. The zero-order chi connectivity index (χ0) is 10.6. The maximum atomic E-state index is 11.2. The number of H-pyrrole nitrogens is 1. The Hall–Kier alpha value is -1.57. The molecule has 1 heterocycles. The molecule has 2 nitrogen and oxygen atoms in total. The van der Waals surface area contributed by atoms with Crippen molar-refractivity contribution in [2.45, 2.75) is 20.8 Å². The minimum Gasteiger partial charge on any atom is -0.322 e. The van der Waals surface area contributed by atoms with Crippen LogP contribution in [0.3, 0.4) is 0 Å². The Bertz CT molecular complexity index is 471. The van der Waals surface area contributed by atoms with Crippen LogP contribution < -0.4 is 5.56 Å². The summed E-state index contributed by atoms with van der Waals surface area (Å²) in [6, 6.07) is 9.65. The molecule has 0 atom stereocenters. The van der Waals surface area contributed by atoms with Gasteiger partial charge in [0.25, 0.3) is 5.56 Å². The Kier molecular flexibility index (Phi) is 3.46. The second-order valence-electron chi connectivity index (χ2n) is 2.87. The van der Waals surface area contributed by atoms with Crippen LogP contribution in [-0.4, -0.2) is 4.98 Å². The summed E-state index contributed by atoms with van der Waals surface area (Å²) in [6.07, 6.45) is 0. The fourth-order valence-electron chi connectivity index (χ4n) is 1.26. The molecule has 0 amide bonds. The zero-order valence-electron chi connectivity index (χ0n) is 8.79. The molecule has 0 saturated heterocycles. The number of nitrogens with one attached hydrogen (secondary N) is 1. The number of rotatable bonds is 0. The number of pyridine rings is 1. The molecular weight excluding hydrogens is 174 g/mol. The fourth-order valence-corrected chi connectivity index (χ4v) is 1.26. The van der Waals surface area contributed by atoms with Gasteiger partial charge in [0.1, 0.15) is 0 Å². The molecule has 0 fully saturated rings. The van der Waals surface area contributed by atoms with Crippen molar-refractivity contribution < 1.29 is 0 Å². The number of para-hydroxylation sites is 1. The lowest BCUT2D eigenvalue weighted by atomic mass is 10.2. The number of aromatic nitrogens is 1. The van der Waals surface area contributed by atoms with Crippen molar-refractivity contribution >= 4 is 10.9 Å². The molecule has 0 radical (unpaired) electrons. The maximum Gasteiger partial charge on any atom is 0.251 e. The van der Waals surface area contributed by atoms with E-state index in [4.69, 9.17) is 0 Å². The van der Waals surface area contributed by atoms with Gasteiger partial charge in [-0.1, -0.05) is 32.0 Å². The summed E-state index contributed by atoms with van der Waals surface area (Å²) < 4.78 is 0. The standard InChI is InChI=1S/C10H9NO.C2H6/c1-7-6-8-4-2-3-5-9(8)11-10(7)12;1-2/h2-6H,1H3,(H,11,12);1-2H3. The first-order chi connectivity index (χ1) is 6.77. The third kappa shape index (κ3) is 2.02. The number of fused-ring (bicyclic) bond motifs is 1. The van der Waals surface area contributed by atoms with E-state index >= 15 is 0 Å². The lowest BCUT2D eigenvalue weighted by Crippen LogP contribution is -2.08. The highest BCUT2D eigenvalue weighted by atomic mass is 16.1. The predicted molar refractivity (Wildman–Crippen MR) is 60.7 cm³/mol. The minimum atomic E-state index is -0.00583. The molecule has 2 heteroatoms. The van der Waals surface area contributed by atoms with Crippen molar-refractivity contribution in [2.75, 3.05) is 0 Å². The second kappa shape index (κ2) is 4.61. The highest BCUT2D eigenvalue weighted by molar-refractivity contribution is 5.78. The van der Waals surface area contributed by atoms with Gasteiger partial charge >= 0.3 is 0 Å². The monoisotopic (exact) mass is 189 g/mol. The SMILES string of the molecule is CC.Cc1cc2ccccc2[nH]c1=O. The van der Waals surface area contributed by atoms with Crippen LogP contribution in [0, 0.1) is 6.92 Å². The van der Waals surface area contributed by atoms with Crippen LogP contribution in [0.2, 0.25) is 0 Å². The highest BCUT2D eigenvalue weighted by Gasteiger charge is 1.95. The largest absolute Gasteiger partial charge is 0.322 e. The molecule has 0 bridgehead atoms. The molecule has 1 aromatic carbocycles. The summed E-state index contributed by atoms with van der Waals surface area (Å²) >= 11 is 0. The van der Waals surface area contributed by atoms with Crippen LogP contribution in [0.5, 0.6) is 0 Å². The first kappa shape index (κ1) is 10.5. The average molecular weight is 189 g/mol. The molecule has 1 N–H and O–H groups in total. The van der Waals surface area contributed by atoms with Gasteiger partial charge in [-0.2, -0.15) is 0 Å². The van der Waals surface area contributed by atoms with Gasteiger partial charge in [-0.15, -0.1) is 0 Å². The summed E-state index contributed by atoms with van der Waals surface area (Å²) in [7, 11) is 0. The molecule has 0 aliphatic carbocycles. The van der Waals surface area contributed by atoms with E-state index in [0.717, 1.165) is 16.5 Å². The molecule has 0 saturated carbocycles. The lowest BCUT2D eigenvalue weighted by Gasteiger charge is -1.97. The van der Waals surface area contributed by atoms with Crippen LogP contribution >= 0.6 is 0 Å². The number of aromatic amines is 1. The van der Waals surface area contributed by atoms with Gasteiger partial charge in [0, 0.05) is 11.1 Å². The van der Waals surface area contributed by atoms with E-state index in [9.17, 15) is 4.79 Å². The van der Waals surface area contributed by atoms with Crippen LogP contribution in [0.1, 0.15) is 19.4 Å². The van der Waals surface area contributed by atoms with E-state index in [-0.39, 0.29) is 5.56 Å². The van der Waals surface area contributed by atoms with E-state index in [1.54, 1.807) is 0 Å². The number of aryl methyl sites for hydroxylation is 1. The molecule has 0 unspecified atom stereocenters. The van der Waals surface area contributed by atoms with Crippen molar-refractivity contribution in [3.8, 4) is 0 Å². The van der Waals surface area contributed by atoms with Crippen molar-refractivity contribution in [3.05, 3.63) is 46.2 Å². The van der Waals surface area contributed by atoms with E-state index in [1.807, 2.05) is 51.1 Å². The van der Waals surface area contributed by atoms with Gasteiger partial charge in [0.15, 0.2) is 0 Å². The predicted octanol–water partition coefficient (Wildman–Crippen LogP) is 2.86. The van der Waals surface area contributed by atoms with E-state index in [0.29, 0.717) is 0 Å². The quantitative estimate of drug-likeness (QED) is 0.679. The van der Waals surface area contributed by atoms with E-state index in [2.05, 4.69) is 4.98 Å². The van der Waals surface area contributed by atoms with Crippen LogP contribution in [-0.2, 0) is 0 Å². The molecule has 0 spiro atoms. The lowest BCUT2D eigenvalue weighted by molar-refractivity contribution is 1.24. The summed E-state index contributed by atoms with van der Waals surface area (Å²) in [5.74, 6) is 0. The van der Waals surface area contributed by atoms with Gasteiger partial charge < -0.3 is 4.98 Å². The van der Waals surface area contributed by atoms with E-state index in [1.165, 1.54) is 0 Å². The minimum absolute atomic E-state index is 0.00583.